The number of fused-ring (bicyclic) bond motifs is 2. The first-order valence-electron chi connectivity index (χ1n) is 7.75. The third kappa shape index (κ3) is 2.16. The minimum atomic E-state index is 0.206. The molecular weight excluding hydrogens is 256 g/mol. The van der Waals surface area contributed by atoms with E-state index in [9.17, 15) is 0 Å². The molecule has 0 aliphatic carbocycles. The Labute approximate surface area is 118 Å². The second-order valence-electron chi connectivity index (χ2n) is 6.17. The summed E-state index contributed by atoms with van der Waals surface area (Å²) < 4.78 is 11.4. The zero-order valence-corrected chi connectivity index (χ0v) is 11.9. The van der Waals surface area contributed by atoms with Crippen LogP contribution in [-0.2, 0) is 4.74 Å². The van der Waals surface area contributed by atoms with Gasteiger partial charge in [-0.05, 0) is 26.2 Å². The number of hydrogen-bond donors (Lipinski definition) is 1. The van der Waals surface area contributed by atoms with E-state index in [1.165, 1.54) is 6.42 Å². The molecule has 4 atom stereocenters. The molecule has 1 aromatic heterocycles. The second kappa shape index (κ2) is 5.09. The van der Waals surface area contributed by atoms with Crippen molar-refractivity contribution in [3.63, 3.8) is 0 Å². The lowest BCUT2D eigenvalue weighted by Crippen LogP contribution is -2.44. The number of nitrogens with zero attached hydrogens (tertiary/aromatic N) is 3. The van der Waals surface area contributed by atoms with Crippen LogP contribution in [0.25, 0.3) is 0 Å². The van der Waals surface area contributed by atoms with Gasteiger partial charge in [0.1, 0.15) is 0 Å². The summed E-state index contributed by atoms with van der Waals surface area (Å²) in [7, 11) is 0. The first kappa shape index (κ1) is 12.7. The van der Waals surface area contributed by atoms with Gasteiger partial charge in [-0.15, -0.1) is 0 Å². The molecule has 0 spiro atoms. The molecule has 6 nitrogen and oxygen atoms in total. The summed E-state index contributed by atoms with van der Waals surface area (Å²) in [6.45, 7) is 6.29. The maximum absolute atomic E-state index is 5.88. The number of ether oxygens (including phenoxy) is 1. The lowest BCUT2D eigenvalue weighted by atomic mass is 9.89. The Hall–Kier alpha value is -0.980. The van der Waals surface area contributed by atoms with Crippen LogP contribution in [0.4, 0.5) is 0 Å². The van der Waals surface area contributed by atoms with E-state index >= 15 is 0 Å². The van der Waals surface area contributed by atoms with Gasteiger partial charge in [0.15, 0.2) is 5.82 Å². The second-order valence-corrected chi connectivity index (χ2v) is 6.17. The Morgan fingerprint density at radius 1 is 1.30 bits per heavy atom. The van der Waals surface area contributed by atoms with Gasteiger partial charge in [-0.2, -0.15) is 4.98 Å². The van der Waals surface area contributed by atoms with Gasteiger partial charge < -0.3 is 14.6 Å². The molecule has 0 amide bonds. The van der Waals surface area contributed by atoms with Crippen molar-refractivity contribution in [1.82, 2.24) is 20.4 Å². The Kier molecular flexibility index (Phi) is 3.24. The summed E-state index contributed by atoms with van der Waals surface area (Å²) in [6.07, 6.45) is 4.15. The van der Waals surface area contributed by atoms with Crippen LogP contribution in [0.3, 0.4) is 0 Å². The standard InChI is InChI=1S/C14H22N4O2/c1-9(18-6-4-15-5-7-18)14-16-13(17-20-14)11-8-10-2-3-12(11)19-10/h9-12,15H,2-8H2,1H3. The first-order chi connectivity index (χ1) is 9.81. The van der Waals surface area contributed by atoms with E-state index in [1.807, 2.05) is 0 Å². The van der Waals surface area contributed by atoms with Crippen LogP contribution in [0.1, 0.15) is 49.9 Å². The summed E-state index contributed by atoms with van der Waals surface area (Å²) in [4.78, 5) is 7.06. The van der Waals surface area contributed by atoms with E-state index in [4.69, 9.17) is 9.26 Å². The van der Waals surface area contributed by atoms with Crippen molar-refractivity contribution in [1.29, 1.82) is 0 Å². The van der Waals surface area contributed by atoms with Crippen molar-refractivity contribution >= 4 is 0 Å². The molecule has 6 heteroatoms. The van der Waals surface area contributed by atoms with Crippen molar-refractivity contribution in [2.75, 3.05) is 26.2 Å². The van der Waals surface area contributed by atoms with E-state index in [1.54, 1.807) is 0 Å². The summed E-state index contributed by atoms with van der Waals surface area (Å²) in [5.74, 6) is 1.96. The fraction of sp³-hybridized carbons (Fsp3) is 0.857. The minimum absolute atomic E-state index is 0.206. The molecule has 1 aromatic rings. The quantitative estimate of drug-likeness (QED) is 0.892. The van der Waals surface area contributed by atoms with Crippen molar-refractivity contribution in [2.45, 2.75) is 50.4 Å². The molecule has 4 rings (SSSR count). The zero-order chi connectivity index (χ0) is 13.5. The van der Waals surface area contributed by atoms with Gasteiger partial charge in [0, 0.05) is 26.2 Å². The summed E-state index contributed by atoms with van der Waals surface area (Å²) in [5, 5.41) is 7.59. The fourth-order valence-corrected chi connectivity index (χ4v) is 3.70. The predicted octanol–water partition coefficient (Wildman–Crippen LogP) is 1.07. The van der Waals surface area contributed by atoms with Crippen LogP contribution in [0.2, 0.25) is 0 Å². The van der Waals surface area contributed by atoms with Crippen LogP contribution in [-0.4, -0.2) is 53.4 Å². The molecule has 0 aromatic carbocycles. The highest BCUT2D eigenvalue weighted by molar-refractivity contribution is 5.07. The van der Waals surface area contributed by atoms with Gasteiger partial charge in [0.2, 0.25) is 5.89 Å². The Morgan fingerprint density at radius 3 is 2.85 bits per heavy atom. The van der Waals surface area contributed by atoms with Gasteiger partial charge in [0.05, 0.1) is 24.2 Å². The van der Waals surface area contributed by atoms with Crippen LogP contribution in [0, 0.1) is 0 Å². The number of piperazine rings is 1. The average Bonchev–Trinajstić information content (AvgIpc) is 3.23. The molecule has 4 heterocycles. The molecule has 0 saturated carbocycles. The highest BCUT2D eigenvalue weighted by atomic mass is 16.5. The van der Waals surface area contributed by atoms with Gasteiger partial charge >= 0.3 is 0 Å². The molecular formula is C14H22N4O2. The Morgan fingerprint density at radius 2 is 2.15 bits per heavy atom. The van der Waals surface area contributed by atoms with Gasteiger partial charge in [0.25, 0.3) is 0 Å². The first-order valence-corrected chi connectivity index (χ1v) is 7.75. The summed E-state index contributed by atoms with van der Waals surface area (Å²) in [5.41, 5.74) is 0. The molecule has 3 fully saturated rings. The molecule has 1 N–H and O–H groups in total. The van der Waals surface area contributed by atoms with E-state index in [0.717, 1.165) is 50.7 Å². The van der Waals surface area contributed by atoms with Crippen molar-refractivity contribution in [2.24, 2.45) is 0 Å². The summed E-state index contributed by atoms with van der Waals surface area (Å²) in [6, 6.07) is 0.206. The third-order valence-electron chi connectivity index (χ3n) is 4.95. The predicted molar refractivity (Wildman–Crippen MR) is 72.4 cm³/mol. The molecule has 3 aliphatic rings. The minimum Gasteiger partial charge on any atom is -0.374 e. The fourth-order valence-electron chi connectivity index (χ4n) is 3.70. The van der Waals surface area contributed by atoms with Gasteiger partial charge in [-0.25, -0.2) is 0 Å². The number of aromatic nitrogens is 2. The molecule has 4 unspecified atom stereocenters. The average molecular weight is 278 g/mol. The number of nitrogens with one attached hydrogen (secondary N) is 1. The van der Waals surface area contributed by atoms with E-state index < -0.39 is 0 Å². The third-order valence-corrected chi connectivity index (χ3v) is 4.95. The Bertz CT molecular complexity index is 471. The van der Waals surface area contributed by atoms with E-state index in [0.29, 0.717) is 18.1 Å². The zero-order valence-electron chi connectivity index (χ0n) is 11.9. The summed E-state index contributed by atoms with van der Waals surface area (Å²) >= 11 is 0. The van der Waals surface area contributed by atoms with Gasteiger partial charge in [-0.3, -0.25) is 4.90 Å². The van der Waals surface area contributed by atoms with E-state index in [-0.39, 0.29) is 6.04 Å². The molecule has 3 aliphatic heterocycles. The monoisotopic (exact) mass is 278 g/mol. The smallest absolute Gasteiger partial charge is 0.243 e. The highest BCUT2D eigenvalue weighted by Crippen LogP contribution is 2.43. The van der Waals surface area contributed by atoms with Crippen molar-refractivity contribution in [3.05, 3.63) is 11.7 Å². The van der Waals surface area contributed by atoms with Gasteiger partial charge in [-0.1, -0.05) is 5.16 Å². The van der Waals surface area contributed by atoms with Crippen molar-refractivity contribution in [3.8, 4) is 0 Å². The normalized spacial score (nSPS) is 35.5. The maximum Gasteiger partial charge on any atom is 0.243 e. The Balaban J connectivity index is 1.47. The lowest BCUT2D eigenvalue weighted by Gasteiger charge is -2.30. The number of rotatable bonds is 3. The lowest BCUT2D eigenvalue weighted by molar-refractivity contribution is 0.0996. The van der Waals surface area contributed by atoms with Crippen LogP contribution >= 0.6 is 0 Å². The molecule has 0 radical (unpaired) electrons. The van der Waals surface area contributed by atoms with Crippen molar-refractivity contribution < 1.29 is 9.26 Å². The van der Waals surface area contributed by atoms with Crippen LogP contribution in [0.15, 0.2) is 4.52 Å². The molecule has 20 heavy (non-hydrogen) atoms. The number of hydrogen-bond acceptors (Lipinski definition) is 6. The topological polar surface area (TPSA) is 63.4 Å². The highest BCUT2D eigenvalue weighted by Gasteiger charge is 2.44. The maximum atomic E-state index is 5.88. The SMILES string of the molecule is CC(c1nc(C2CC3CCC2O3)no1)N1CCNCC1. The van der Waals surface area contributed by atoms with Crippen LogP contribution < -0.4 is 5.32 Å². The molecule has 2 bridgehead atoms. The largest absolute Gasteiger partial charge is 0.374 e. The molecule has 110 valence electrons. The molecule has 3 saturated heterocycles. The van der Waals surface area contributed by atoms with E-state index in [2.05, 4.69) is 27.3 Å². The van der Waals surface area contributed by atoms with Crippen LogP contribution in [0.5, 0.6) is 0 Å².